The molecule has 0 unspecified atom stereocenters. The van der Waals surface area contributed by atoms with Crippen molar-refractivity contribution in [3.8, 4) is 5.69 Å². The van der Waals surface area contributed by atoms with Crippen LogP contribution >= 0.6 is 0 Å². The lowest BCUT2D eigenvalue weighted by Gasteiger charge is -2.18. The Hall–Kier alpha value is -2.63. The van der Waals surface area contributed by atoms with E-state index in [0.29, 0.717) is 18.5 Å². The Labute approximate surface area is 148 Å². The summed E-state index contributed by atoms with van der Waals surface area (Å²) < 4.78 is 1.81. The van der Waals surface area contributed by atoms with Crippen molar-refractivity contribution in [3.05, 3.63) is 47.3 Å². The quantitative estimate of drug-likeness (QED) is 0.837. The van der Waals surface area contributed by atoms with Gasteiger partial charge in [-0.1, -0.05) is 31.5 Å². The Bertz CT molecular complexity index is 748. The van der Waals surface area contributed by atoms with Gasteiger partial charge in [-0.05, 0) is 31.4 Å². The van der Waals surface area contributed by atoms with Crippen LogP contribution in [-0.2, 0) is 4.79 Å². The number of carbonyl (C=O) groups excluding carboxylic acids is 1. The number of hydrogen-bond acceptors (Lipinski definition) is 3. The molecule has 134 valence electrons. The largest absolute Gasteiger partial charge is 0.481 e. The molecule has 0 spiro atoms. The highest BCUT2D eigenvalue weighted by Gasteiger charge is 2.23. The van der Waals surface area contributed by atoms with Gasteiger partial charge in [0.2, 0.25) is 0 Å². The maximum absolute atomic E-state index is 12.8. The average molecular weight is 343 g/mol. The molecule has 25 heavy (non-hydrogen) atoms. The Kier molecular flexibility index (Phi) is 5.96. The number of aryl methyl sites for hydroxylation is 1. The fourth-order valence-electron chi connectivity index (χ4n) is 2.74. The molecule has 2 rings (SSSR count). The molecule has 0 bridgehead atoms. The molecule has 0 aliphatic carbocycles. The van der Waals surface area contributed by atoms with Gasteiger partial charge in [-0.3, -0.25) is 9.59 Å². The highest BCUT2D eigenvalue weighted by Crippen LogP contribution is 2.24. The van der Waals surface area contributed by atoms with Gasteiger partial charge in [-0.25, -0.2) is 4.68 Å². The SMILES string of the molecule is Cc1ccc(-n2ncc(C(=O)N(C)CCCC(=O)O)c2C(C)C)cc1. The predicted octanol–water partition coefficient (Wildman–Crippen LogP) is 3.24. The molecule has 0 radical (unpaired) electrons. The number of carboxylic acid groups (broad SMARTS) is 1. The molecule has 1 aromatic carbocycles. The molecule has 6 heteroatoms. The van der Waals surface area contributed by atoms with E-state index >= 15 is 0 Å². The van der Waals surface area contributed by atoms with Crippen LogP contribution in [0.1, 0.15) is 54.2 Å². The lowest BCUT2D eigenvalue weighted by Crippen LogP contribution is -2.29. The molecule has 1 N–H and O–H groups in total. The molecule has 2 aromatic rings. The minimum atomic E-state index is -0.851. The number of aromatic nitrogens is 2. The van der Waals surface area contributed by atoms with Crippen molar-refractivity contribution < 1.29 is 14.7 Å². The lowest BCUT2D eigenvalue weighted by atomic mass is 10.0. The highest BCUT2D eigenvalue weighted by molar-refractivity contribution is 5.95. The third kappa shape index (κ3) is 4.47. The maximum Gasteiger partial charge on any atom is 0.303 e. The standard InChI is InChI=1S/C19H25N3O3/c1-13(2)18-16(19(25)21(4)11-5-6-17(23)24)12-20-22(18)15-9-7-14(3)8-10-15/h7-10,12-13H,5-6,11H2,1-4H3,(H,23,24). The summed E-state index contributed by atoms with van der Waals surface area (Å²) in [5.74, 6) is -0.862. The highest BCUT2D eigenvalue weighted by atomic mass is 16.4. The van der Waals surface area contributed by atoms with Crippen LogP contribution in [-0.4, -0.2) is 45.3 Å². The zero-order valence-electron chi connectivity index (χ0n) is 15.2. The van der Waals surface area contributed by atoms with Gasteiger partial charge < -0.3 is 10.0 Å². The van der Waals surface area contributed by atoms with Crippen LogP contribution in [0.4, 0.5) is 0 Å². The summed E-state index contributed by atoms with van der Waals surface area (Å²) in [7, 11) is 1.69. The molecule has 1 heterocycles. The molecule has 1 aromatic heterocycles. The Morgan fingerprint density at radius 2 is 1.88 bits per heavy atom. The van der Waals surface area contributed by atoms with Crippen molar-refractivity contribution in [2.75, 3.05) is 13.6 Å². The Morgan fingerprint density at radius 3 is 2.44 bits per heavy atom. The van der Waals surface area contributed by atoms with E-state index in [-0.39, 0.29) is 18.2 Å². The second-order valence-electron chi connectivity index (χ2n) is 6.57. The molecule has 0 aliphatic heterocycles. The number of carboxylic acids is 1. The lowest BCUT2D eigenvalue weighted by molar-refractivity contribution is -0.137. The van der Waals surface area contributed by atoms with E-state index in [4.69, 9.17) is 5.11 Å². The van der Waals surface area contributed by atoms with E-state index in [9.17, 15) is 9.59 Å². The van der Waals surface area contributed by atoms with Gasteiger partial charge in [0, 0.05) is 20.0 Å². The summed E-state index contributed by atoms with van der Waals surface area (Å²) in [5.41, 5.74) is 3.51. The first-order valence-electron chi connectivity index (χ1n) is 8.43. The fraction of sp³-hybridized carbons (Fsp3) is 0.421. The molecule has 0 atom stereocenters. The van der Waals surface area contributed by atoms with Crippen LogP contribution in [0.3, 0.4) is 0 Å². The number of hydrogen-bond donors (Lipinski definition) is 1. The summed E-state index contributed by atoms with van der Waals surface area (Å²) in [6.07, 6.45) is 2.09. The molecular weight excluding hydrogens is 318 g/mol. The number of rotatable bonds is 7. The van der Waals surface area contributed by atoms with Crippen molar-refractivity contribution in [3.63, 3.8) is 0 Å². The van der Waals surface area contributed by atoms with Gasteiger partial charge in [0.1, 0.15) is 0 Å². The summed E-state index contributed by atoms with van der Waals surface area (Å²) in [6, 6.07) is 8.00. The van der Waals surface area contributed by atoms with Gasteiger partial charge in [0.25, 0.3) is 5.91 Å². The third-order valence-corrected chi connectivity index (χ3v) is 4.09. The zero-order valence-corrected chi connectivity index (χ0v) is 15.2. The third-order valence-electron chi connectivity index (χ3n) is 4.09. The van der Waals surface area contributed by atoms with Gasteiger partial charge in [0.15, 0.2) is 0 Å². The normalized spacial score (nSPS) is 10.9. The Morgan fingerprint density at radius 1 is 1.24 bits per heavy atom. The first-order chi connectivity index (χ1) is 11.8. The van der Waals surface area contributed by atoms with E-state index in [0.717, 1.165) is 16.9 Å². The second kappa shape index (κ2) is 7.96. The second-order valence-corrected chi connectivity index (χ2v) is 6.57. The van der Waals surface area contributed by atoms with Crippen molar-refractivity contribution >= 4 is 11.9 Å². The molecule has 0 fully saturated rings. The number of aliphatic carboxylic acids is 1. The van der Waals surface area contributed by atoms with E-state index in [2.05, 4.69) is 5.10 Å². The van der Waals surface area contributed by atoms with E-state index in [1.54, 1.807) is 18.1 Å². The number of amides is 1. The van der Waals surface area contributed by atoms with Gasteiger partial charge in [-0.2, -0.15) is 5.10 Å². The smallest absolute Gasteiger partial charge is 0.303 e. The van der Waals surface area contributed by atoms with Crippen LogP contribution < -0.4 is 0 Å². The molecule has 6 nitrogen and oxygen atoms in total. The average Bonchev–Trinajstić information content (AvgIpc) is 2.99. The molecule has 1 amide bonds. The topological polar surface area (TPSA) is 75.4 Å². The van der Waals surface area contributed by atoms with Crippen LogP contribution in [0, 0.1) is 6.92 Å². The van der Waals surface area contributed by atoms with Gasteiger partial charge >= 0.3 is 5.97 Å². The van der Waals surface area contributed by atoms with Crippen molar-refractivity contribution in [1.82, 2.24) is 14.7 Å². The summed E-state index contributed by atoms with van der Waals surface area (Å²) in [5, 5.41) is 13.2. The maximum atomic E-state index is 12.8. The summed E-state index contributed by atoms with van der Waals surface area (Å²) >= 11 is 0. The fourth-order valence-corrected chi connectivity index (χ4v) is 2.74. The van der Waals surface area contributed by atoms with Crippen molar-refractivity contribution in [2.45, 2.75) is 39.5 Å². The monoisotopic (exact) mass is 343 g/mol. The molecule has 0 saturated heterocycles. The van der Waals surface area contributed by atoms with Crippen molar-refractivity contribution in [1.29, 1.82) is 0 Å². The van der Waals surface area contributed by atoms with E-state index < -0.39 is 5.97 Å². The number of nitrogens with zero attached hydrogens (tertiary/aromatic N) is 3. The van der Waals surface area contributed by atoms with E-state index in [1.165, 1.54) is 0 Å². The minimum Gasteiger partial charge on any atom is -0.481 e. The molecular formula is C19H25N3O3. The van der Waals surface area contributed by atoms with Crippen LogP contribution in [0.15, 0.2) is 30.5 Å². The minimum absolute atomic E-state index is 0.0529. The van der Waals surface area contributed by atoms with Crippen LogP contribution in [0.5, 0.6) is 0 Å². The van der Waals surface area contributed by atoms with E-state index in [1.807, 2.05) is 49.7 Å². The van der Waals surface area contributed by atoms with Crippen LogP contribution in [0.2, 0.25) is 0 Å². The van der Waals surface area contributed by atoms with Crippen LogP contribution in [0.25, 0.3) is 5.69 Å². The molecule has 0 saturated carbocycles. The zero-order chi connectivity index (χ0) is 18.6. The first-order valence-corrected chi connectivity index (χ1v) is 8.43. The summed E-state index contributed by atoms with van der Waals surface area (Å²) in [4.78, 5) is 25.0. The molecule has 0 aliphatic rings. The van der Waals surface area contributed by atoms with Crippen molar-refractivity contribution in [2.24, 2.45) is 0 Å². The number of carbonyl (C=O) groups is 2. The Balaban J connectivity index is 2.27. The predicted molar refractivity (Wildman–Crippen MR) is 96.2 cm³/mol. The number of benzene rings is 1. The van der Waals surface area contributed by atoms with Gasteiger partial charge in [-0.15, -0.1) is 0 Å². The van der Waals surface area contributed by atoms with Gasteiger partial charge in [0.05, 0.1) is 23.1 Å². The first kappa shape index (κ1) is 18.7. The summed E-state index contributed by atoms with van der Waals surface area (Å²) in [6.45, 7) is 6.49.